The first-order valence-electron chi connectivity index (χ1n) is 21.9. The molecule has 0 fully saturated rings. The van der Waals surface area contributed by atoms with E-state index in [-0.39, 0.29) is 16.1 Å². The van der Waals surface area contributed by atoms with Crippen molar-refractivity contribution in [3.63, 3.8) is 0 Å². The zero-order chi connectivity index (χ0) is 44.2. The summed E-state index contributed by atoms with van der Waals surface area (Å²) in [5, 5.41) is 0. The molecular weight excluding hydrogens is 807 g/mol. The Morgan fingerprint density at radius 3 is 2.34 bits per heavy atom. The Labute approximate surface area is 365 Å². The number of allylic oxidation sites excluding steroid dienone is 8. The lowest BCUT2D eigenvalue weighted by Crippen LogP contribution is -2.36. The number of hydrogen-bond acceptors (Lipinski definition) is 8. The zero-order valence-electron chi connectivity index (χ0n) is 37.1. The third kappa shape index (κ3) is 10.8. The van der Waals surface area contributed by atoms with Gasteiger partial charge in [-0.3, -0.25) is 4.55 Å². The molecule has 3 aromatic rings. The van der Waals surface area contributed by atoms with Crippen LogP contribution >= 0.6 is 10.9 Å². The Morgan fingerprint density at radius 1 is 0.852 bits per heavy atom. The molecule has 6 rings (SSSR count). The van der Waals surface area contributed by atoms with Crippen LogP contribution in [0.25, 0.3) is 5.57 Å². The Balaban J connectivity index is 1.44. The second-order valence-electron chi connectivity index (χ2n) is 17.8. The van der Waals surface area contributed by atoms with E-state index >= 15 is 0 Å². The van der Waals surface area contributed by atoms with E-state index in [0.717, 1.165) is 96.7 Å². The molecule has 0 saturated carbocycles. The Hall–Kier alpha value is -4.04. The topological polar surface area (TPSA) is 144 Å². The summed E-state index contributed by atoms with van der Waals surface area (Å²) < 4.78 is 71.6. The average molecular weight is 873 g/mol. The summed E-state index contributed by atoms with van der Waals surface area (Å²) in [5.74, 6) is 1.34. The van der Waals surface area contributed by atoms with Gasteiger partial charge in [0.25, 0.3) is 10.1 Å². The summed E-state index contributed by atoms with van der Waals surface area (Å²) in [6.07, 6.45) is 19.2. The fourth-order valence-corrected chi connectivity index (χ4v) is 9.95. The maximum absolute atomic E-state index is 11.6. The van der Waals surface area contributed by atoms with Crippen LogP contribution in [-0.2, 0) is 27.5 Å². The normalized spacial score (nSPS) is 18.9. The van der Waals surface area contributed by atoms with Gasteiger partial charge in [-0.2, -0.15) is 8.42 Å². The smallest absolute Gasteiger partial charge is 0.327 e. The molecule has 1 aromatic heterocycles. The summed E-state index contributed by atoms with van der Waals surface area (Å²) in [6, 6.07) is 16.6. The highest BCUT2D eigenvalue weighted by Crippen LogP contribution is 2.50. The average Bonchev–Trinajstić information content (AvgIpc) is 3.58. The molecule has 12 heteroatoms. The molecule has 3 heterocycles. The van der Waals surface area contributed by atoms with Crippen molar-refractivity contribution in [2.75, 3.05) is 23.8 Å². The molecule has 0 saturated heterocycles. The van der Waals surface area contributed by atoms with Gasteiger partial charge in [0.15, 0.2) is 5.71 Å². The van der Waals surface area contributed by atoms with Gasteiger partial charge in [-0.05, 0) is 135 Å². The molecule has 1 aliphatic carbocycles. The molecule has 2 aliphatic heterocycles. The summed E-state index contributed by atoms with van der Waals surface area (Å²) >= 11 is 0. The highest BCUT2D eigenvalue weighted by atomic mass is 32.3. The van der Waals surface area contributed by atoms with E-state index in [1.165, 1.54) is 22.3 Å². The van der Waals surface area contributed by atoms with Gasteiger partial charge in [-0.1, -0.05) is 88.9 Å². The van der Waals surface area contributed by atoms with Crippen molar-refractivity contribution >= 4 is 43.8 Å². The number of ether oxygens (including phenoxy) is 1. The predicted molar refractivity (Wildman–Crippen MR) is 250 cm³/mol. The van der Waals surface area contributed by atoms with Crippen molar-refractivity contribution in [3.05, 3.63) is 118 Å². The SMILES string of the molecule is CCCCCOc1cccc(C2=C(/C=C/C3=Nc4c(cc(S(O)(O)O)c[n+]4CCCC)C3(C)C)CCC/C2=C\C=C2\N(CCCCS(=O)(=O)O)c3ccc(C)cc3C2(C)C)c1. The predicted octanol–water partition coefficient (Wildman–Crippen LogP) is 12.1. The van der Waals surface area contributed by atoms with E-state index in [1.54, 1.807) is 12.3 Å². The summed E-state index contributed by atoms with van der Waals surface area (Å²) in [6.45, 7) is 17.0. The Bertz CT molecular complexity index is 2370. The third-order valence-electron chi connectivity index (χ3n) is 12.3. The van der Waals surface area contributed by atoms with Gasteiger partial charge in [0, 0.05) is 23.3 Å². The number of fused-ring (bicyclic) bond motifs is 2. The van der Waals surface area contributed by atoms with Crippen LogP contribution in [0.1, 0.15) is 128 Å². The van der Waals surface area contributed by atoms with Crippen LogP contribution in [0.3, 0.4) is 0 Å². The van der Waals surface area contributed by atoms with E-state index in [1.807, 2.05) is 10.6 Å². The van der Waals surface area contributed by atoms with Crippen molar-refractivity contribution in [2.45, 2.75) is 135 Å². The summed E-state index contributed by atoms with van der Waals surface area (Å²) in [5.41, 5.74) is 10.1. The zero-order valence-corrected chi connectivity index (χ0v) is 38.7. The largest absolute Gasteiger partial charge is 0.494 e. The molecular formula is C49H66N3O7S2+. The molecule has 2 aromatic carbocycles. The van der Waals surface area contributed by atoms with Crippen molar-refractivity contribution in [1.29, 1.82) is 0 Å². The minimum atomic E-state index is -4.04. The molecule has 0 atom stereocenters. The summed E-state index contributed by atoms with van der Waals surface area (Å²) in [7, 11) is -7.97. The van der Waals surface area contributed by atoms with Gasteiger partial charge >= 0.3 is 5.82 Å². The monoisotopic (exact) mass is 872 g/mol. The quantitative estimate of drug-likeness (QED) is 0.0562. The van der Waals surface area contributed by atoms with Crippen molar-refractivity contribution in [3.8, 4) is 5.75 Å². The molecule has 10 nitrogen and oxygen atoms in total. The van der Waals surface area contributed by atoms with Crippen molar-refractivity contribution < 1.29 is 35.9 Å². The Kier molecular flexibility index (Phi) is 14.6. The van der Waals surface area contributed by atoms with Crippen LogP contribution in [0.15, 0.2) is 106 Å². The molecule has 0 bridgehead atoms. The van der Waals surface area contributed by atoms with Gasteiger partial charge in [0.05, 0.1) is 29.9 Å². The van der Waals surface area contributed by atoms with Gasteiger partial charge in [-0.15, -0.1) is 0 Å². The van der Waals surface area contributed by atoms with E-state index < -0.39 is 26.4 Å². The number of pyridine rings is 1. The third-order valence-corrected chi connectivity index (χ3v) is 14.0. The number of nitrogens with zero attached hydrogens (tertiary/aromatic N) is 3. The van der Waals surface area contributed by atoms with Crippen molar-refractivity contribution in [1.82, 2.24) is 0 Å². The number of anilines is 1. The molecule has 3 aliphatic rings. The minimum absolute atomic E-state index is 0.0918. The summed E-state index contributed by atoms with van der Waals surface area (Å²) in [4.78, 5) is 7.58. The number of aliphatic imine (C=N–C) groups is 1. The van der Waals surface area contributed by atoms with Gasteiger partial charge in [0.1, 0.15) is 27.7 Å². The van der Waals surface area contributed by atoms with E-state index in [9.17, 15) is 26.6 Å². The fourth-order valence-electron chi connectivity index (χ4n) is 8.84. The number of aromatic nitrogens is 1. The van der Waals surface area contributed by atoms with Crippen LogP contribution in [-0.4, -0.2) is 51.2 Å². The van der Waals surface area contributed by atoms with Crippen LogP contribution in [0.2, 0.25) is 0 Å². The van der Waals surface area contributed by atoms with Crippen molar-refractivity contribution in [2.24, 2.45) is 4.99 Å². The molecule has 4 N–H and O–H groups in total. The first-order valence-corrected chi connectivity index (χ1v) is 25.0. The first kappa shape index (κ1) is 46.5. The van der Waals surface area contributed by atoms with Crippen LogP contribution in [0.5, 0.6) is 5.75 Å². The van der Waals surface area contributed by atoms with Crippen LogP contribution in [0, 0.1) is 6.92 Å². The molecule has 0 unspecified atom stereocenters. The number of rotatable bonds is 18. The van der Waals surface area contributed by atoms with Gasteiger partial charge in [0.2, 0.25) is 0 Å². The molecule has 61 heavy (non-hydrogen) atoms. The first-order chi connectivity index (χ1) is 28.8. The van der Waals surface area contributed by atoms with Crippen LogP contribution in [0.4, 0.5) is 11.5 Å². The maximum Gasteiger partial charge on any atom is 0.327 e. The van der Waals surface area contributed by atoms with E-state index in [0.29, 0.717) is 32.5 Å². The van der Waals surface area contributed by atoms with Gasteiger partial charge in [-0.25, -0.2) is 4.57 Å². The second-order valence-corrected chi connectivity index (χ2v) is 20.9. The minimum Gasteiger partial charge on any atom is -0.494 e. The number of aryl methyl sites for hydroxylation is 2. The van der Waals surface area contributed by atoms with Gasteiger partial charge < -0.3 is 23.3 Å². The number of unbranched alkanes of at least 4 members (excludes halogenated alkanes) is 4. The molecule has 0 radical (unpaired) electrons. The maximum atomic E-state index is 11.6. The Morgan fingerprint density at radius 2 is 1.62 bits per heavy atom. The van der Waals surface area contributed by atoms with E-state index in [2.05, 4.69) is 114 Å². The highest BCUT2D eigenvalue weighted by Gasteiger charge is 2.44. The second kappa shape index (κ2) is 19.1. The highest BCUT2D eigenvalue weighted by molar-refractivity contribution is 8.19. The lowest BCUT2D eigenvalue weighted by Gasteiger charge is -2.28. The van der Waals surface area contributed by atoms with E-state index in [4.69, 9.17) is 9.73 Å². The lowest BCUT2D eigenvalue weighted by atomic mass is 9.80. The molecule has 0 amide bonds. The number of hydrogen-bond donors (Lipinski definition) is 4. The number of benzene rings is 2. The molecule has 0 spiro atoms. The molecule has 330 valence electrons. The standard InChI is InChI=1S/C49H65N3O7S2/c1-8-10-13-29-59-39-20-16-19-38(32-39)46-36(22-25-44-48(4,5)42-33-40(61(56,57)58)34-51(27-11-9-2)47(42)50-44)17-15-18-37(46)23-26-45-49(6,7)41-31-35(3)21-24-43(41)52(45)28-12-14-30-60(53,54)55/h16,19-26,31-34H,8-15,17-18,27-30H2,1-7H3,(H3-,53,54,55,56,57,58)/p+1. The fraction of sp³-hybridized carbons (Fsp3) is 0.469. The lowest BCUT2D eigenvalue weighted by molar-refractivity contribution is -0.686. The van der Waals surface area contributed by atoms with Crippen LogP contribution < -0.4 is 14.2 Å².